The van der Waals surface area contributed by atoms with E-state index in [-0.39, 0.29) is 29.2 Å². The highest BCUT2D eigenvalue weighted by Gasteiger charge is 2.21. The second-order valence-electron chi connectivity index (χ2n) is 10.4. The lowest BCUT2D eigenvalue weighted by molar-refractivity contribution is -0.115. The van der Waals surface area contributed by atoms with E-state index in [0.717, 1.165) is 29.8 Å². The van der Waals surface area contributed by atoms with Crippen molar-refractivity contribution in [1.29, 1.82) is 5.41 Å². The van der Waals surface area contributed by atoms with Crippen molar-refractivity contribution in [3.05, 3.63) is 108 Å². The molecule has 0 aliphatic carbocycles. The second-order valence-corrected chi connectivity index (χ2v) is 12.3. The summed E-state index contributed by atoms with van der Waals surface area (Å²) in [6.07, 6.45) is 1.65. The number of hydrogen-bond acceptors (Lipinski definition) is 7. The van der Waals surface area contributed by atoms with Gasteiger partial charge in [0.15, 0.2) is 0 Å². The van der Waals surface area contributed by atoms with Gasteiger partial charge in [-0.3, -0.25) is 10.2 Å². The molecule has 4 rings (SSSR count). The number of thiocarbonyl (C=S) groups is 1. The first-order valence-corrected chi connectivity index (χ1v) is 16.4. The van der Waals surface area contributed by atoms with Crippen molar-refractivity contribution in [1.82, 2.24) is 5.32 Å². The summed E-state index contributed by atoms with van der Waals surface area (Å²) < 4.78 is 29.3. The van der Waals surface area contributed by atoms with Crippen molar-refractivity contribution < 1.29 is 17.9 Å². The largest absolute Gasteiger partial charge is 0.497 e. The molecule has 1 amide bonds. The molecule has 234 valence electrons. The summed E-state index contributed by atoms with van der Waals surface area (Å²) in [5.74, 6) is 0.660. The number of amides is 1. The molecule has 0 aliphatic heterocycles. The highest BCUT2D eigenvalue weighted by Crippen LogP contribution is 2.28. The third kappa shape index (κ3) is 8.53. The molecule has 4 aromatic rings. The Kier molecular flexibility index (Phi) is 11.1. The van der Waals surface area contributed by atoms with Gasteiger partial charge in [-0.1, -0.05) is 68.5 Å². The molecule has 9 nitrogen and oxygen atoms in total. The minimum atomic E-state index is -3.90. The van der Waals surface area contributed by atoms with E-state index in [4.69, 9.17) is 27.5 Å². The lowest BCUT2D eigenvalue weighted by atomic mass is 10.1. The number of primary sulfonamides is 1. The molecule has 0 radical (unpaired) electrons. The fourth-order valence-corrected chi connectivity index (χ4v) is 6.04. The Morgan fingerprint density at radius 2 is 1.60 bits per heavy atom. The number of ether oxygens (including phenoxy) is 1. The SMILES string of the molecule is CCC(CC)N(CC(=O)Nc1ccc(-c2ccccc2S(N)(=O)=O)cc1)c1cccc(C(=N)NC(=S)c2ccc(OC)cc2)c1. The predicted molar refractivity (Wildman–Crippen MR) is 185 cm³/mol. The third-order valence-corrected chi connectivity index (χ3v) is 8.73. The van der Waals surface area contributed by atoms with E-state index in [1.807, 2.05) is 53.4 Å². The zero-order valence-corrected chi connectivity index (χ0v) is 27.0. The highest BCUT2D eigenvalue weighted by molar-refractivity contribution is 7.89. The predicted octanol–water partition coefficient (Wildman–Crippen LogP) is 5.93. The van der Waals surface area contributed by atoms with Crippen molar-refractivity contribution in [2.75, 3.05) is 23.9 Å². The number of nitrogens with one attached hydrogen (secondary N) is 3. The maximum atomic E-state index is 13.3. The fraction of sp³-hybridized carbons (Fsp3) is 0.206. The van der Waals surface area contributed by atoms with E-state index in [0.29, 0.717) is 27.4 Å². The van der Waals surface area contributed by atoms with Crippen LogP contribution in [-0.2, 0) is 14.8 Å². The molecule has 0 atom stereocenters. The fourth-order valence-electron chi connectivity index (χ4n) is 5.04. The molecule has 0 unspecified atom stereocenters. The molecule has 5 N–H and O–H groups in total. The van der Waals surface area contributed by atoms with Crippen LogP contribution >= 0.6 is 12.2 Å². The quantitative estimate of drug-likeness (QED) is 0.0853. The maximum absolute atomic E-state index is 13.3. The molecule has 0 saturated carbocycles. The molecule has 0 aliphatic rings. The van der Waals surface area contributed by atoms with Gasteiger partial charge in [-0.25, -0.2) is 13.6 Å². The van der Waals surface area contributed by atoms with Crippen LogP contribution in [0, 0.1) is 5.41 Å². The van der Waals surface area contributed by atoms with Gasteiger partial charge in [0, 0.05) is 34.1 Å². The second kappa shape index (κ2) is 14.9. The van der Waals surface area contributed by atoms with E-state index < -0.39 is 10.0 Å². The van der Waals surface area contributed by atoms with E-state index in [2.05, 4.69) is 24.5 Å². The smallest absolute Gasteiger partial charge is 0.243 e. The number of carbonyl (C=O) groups excluding carboxylic acids is 1. The molecular formula is C34H37N5O4S2. The van der Waals surface area contributed by atoms with E-state index in [9.17, 15) is 13.2 Å². The molecule has 11 heteroatoms. The number of benzene rings is 4. The van der Waals surface area contributed by atoms with Crippen LogP contribution in [0.25, 0.3) is 11.1 Å². The topological polar surface area (TPSA) is 138 Å². The Bertz CT molecular complexity index is 1770. The van der Waals surface area contributed by atoms with Gasteiger partial charge >= 0.3 is 0 Å². The maximum Gasteiger partial charge on any atom is 0.243 e. The number of methoxy groups -OCH3 is 1. The minimum Gasteiger partial charge on any atom is -0.497 e. The lowest BCUT2D eigenvalue weighted by Gasteiger charge is -2.32. The van der Waals surface area contributed by atoms with Gasteiger partial charge in [0.2, 0.25) is 15.9 Å². The first-order chi connectivity index (χ1) is 21.5. The molecule has 0 bridgehead atoms. The van der Waals surface area contributed by atoms with Crippen molar-refractivity contribution >= 4 is 50.3 Å². The van der Waals surface area contributed by atoms with Crippen molar-refractivity contribution in [2.45, 2.75) is 37.6 Å². The summed E-state index contributed by atoms with van der Waals surface area (Å²) in [6, 6.07) is 28.4. The average Bonchev–Trinajstić information content (AvgIpc) is 3.04. The summed E-state index contributed by atoms with van der Waals surface area (Å²) >= 11 is 5.53. The summed E-state index contributed by atoms with van der Waals surface area (Å²) in [5, 5.41) is 20.0. The summed E-state index contributed by atoms with van der Waals surface area (Å²) in [6.45, 7) is 4.26. The van der Waals surface area contributed by atoms with Crippen LogP contribution in [0.1, 0.15) is 37.8 Å². The Labute approximate surface area is 270 Å². The van der Waals surface area contributed by atoms with Gasteiger partial charge in [-0.15, -0.1) is 0 Å². The van der Waals surface area contributed by atoms with Crippen molar-refractivity contribution in [2.24, 2.45) is 5.14 Å². The van der Waals surface area contributed by atoms with Gasteiger partial charge < -0.3 is 20.3 Å². The number of carbonyl (C=O) groups is 1. The van der Waals surface area contributed by atoms with Crippen LogP contribution in [0.3, 0.4) is 0 Å². The lowest BCUT2D eigenvalue weighted by Crippen LogP contribution is -2.40. The molecule has 0 heterocycles. The first kappa shape index (κ1) is 33.3. The standard InChI is InChI=1S/C34H37N5O4S2/c1-4-27(5-2)39(28-10-8-9-25(21-28)33(35)38-34(44)24-15-19-29(43-3)20-16-24)22-32(40)37-26-17-13-23(14-18-26)30-11-6-7-12-31(30)45(36,41)42/h6-21,27H,4-5,22H2,1-3H3,(H,37,40)(H2,35,38,44)(H2,36,41,42). The van der Waals surface area contributed by atoms with Crippen molar-refractivity contribution in [3.63, 3.8) is 0 Å². The van der Waals surface area contributed by atoms with E-state index in [1.54, 1.807) is 49.6 Å². The van der Waals surface area contributed by atoms with Crippen LogP contribution in [-0.4, -0.2) is 44.8 Å². The van der Waals surface area contributed by atoms with Gasteiger partial charge in [0.1, 0.15) is 16.6 Å². The van der Waals surface area contributed by atoms with Crippen LogP contribution in [0.4, 0.5) is 11.4 Å². The molecule has 0 saturated heterocycles. The van der Waals surface area contributed by atoms with Gasteiger partial charge in [-0.2, -0.15) is 0 Å². The highest BCUT2D eigenvalue weighted by atomic mass is 32.2. The zero-order valence-electron chi connectivity index (χ0n) is 25.4. The van der Waals surface area contributed by atoms with Gasteiger partial charge in [0.05, 0.1) is 18.6 Å². The molecule has 0 aromatic heterocycles. The summed E-state index contributed by atoms with van der Waals surface area (Å²) in [4.78, 5) is 15.8. The summed E-state index contributed by atoms with van der Waals surface area (Å²) in [5.41, 5.74) is 3.94. The number of amidine groups is 1. The third-order valence-electron chi connectivity index (χ3n) is 7.43. The number of nitrogens with zero attached hydrogens (tertiary/aromatic N) is 1. The first-order valence-electron chi connectivity index (χ1n) is 14.5. The van der Waals surface area contributed by atoms with Crippen LogP contribution < -0.4 is 25.4 Å². The van der Waals surface area contributed by atoms with E-state index >= 15 is 0 Å². The molecular weight excluding hydrogens is 607 g/mol. The Hall–Kier alpha value is -4.58. The van der Waals surface area contributed by atoms with Gasteiger partial charge in [-0.05, 0) is 73.0 Å². The van der Waals surface area contributed by atoms with Crippen molar-refractivity contribution in [3.8, 4) is 16.9 Å². The van der Waals surface area contributed by atoms with Crippen LogP contribution in [0.5, 0.6) is 5.75 Å². The molecule has 4 aromatic carbocycles. The Morgan fingerprint density at radius 1 is 0.933 bits per heavy atom. The Balaban J connectivity index is 1.49. The average molecular weight is 644 g/mol. The zero-order chi connectivity index (χ0) is 32.6. The molecule has 45 heavy (non-hydrogen) atoms. The number of anilines is 2. The number of hydrogen-bond donors (Lipinski definition) is 4. The number of rotatable bonds is 12. The minimum absolute atomic E-state index is 0.0377. The number of sulfonamides is 1. The van der Waals surface area contributed by atoms with Gasteiger partial charge in [0.25, 0.3) is 0 Å². The Morgan fingerprint density at radius 3 is 2.22 bits per heavy atom. The molecule has 0 fully saturated rings. The van der Waals surface area contributed by atoms with Crippen LogP contribution in [0.15, 0.2) is 102 Å². The van der Waals surface area contributed by atoms with Crippen LogP contribution in [0.2, 0.25) is 0 Å². The molecule has 0 spiro atoms. The normalized spacial score (nSPS) is 11.1. The van der Waals surface area contributed by atoms with E-state index in [1.165, 1.54) is 6.07 Å². The monoisotopic (exact) mass is 643 g/mol. The number of nitrogens with two attached hydrogens (primary N) is 1. The summed E-state index contributed by atoms with van der Waals surface area (Å²) in [7, 11) is -2.30.